The van der Waals surface area contributed by atoms with Crippen molar-refractivity contribution in [3.05, 3.63) is 34.3 Å². The quantitative estimate of drug-likeness (QED) is 0.862. The molecule has 18 heavy (non-hydrogen) atoms. The van der Waals surface area contributed by atoms with Crippen molar-refractivity contribution < 1.29 is 4.42 Å². The molecule has 3 atom stereocenters. The van der Waals surface area contributed by atoms with Crippen LogP contribution in [-0.2, 0) is 0 Å². The Morgan fingerprint density at radius 3 is 2.83 bits per heavy atom. The lowest BCUT2D eigenvalue weighted by atomic mass is 9.94. The van der Waals surface area contributed by atoms with Crippen molar-refractivity contribution in [3.63, 3.8) is 0 Å². The van der Waals surface area contributed by atoms with Crippen LogP contribution in [0.25, 0.3) is 11.1 Å². The Balaban J connectivity index is 1.66. The fourth-order valence-corrected chi connectivity index (χ4v) is 4.12. The third-order valence-corrected chi connectivity index (χ3v) is 5.73. The number of aromatic nitrogens is 1. The van der Waals surface area contributed by atoms with Gasteiger partial charge in [-0.1, -0.05) is 22.0 Å². The zero-order valence-corrected chi connectivity index (χ0v) is 11.4. The SMILES string of the molecule is O=c1[nH]c2ccc(C(Br)C3CC4CC4C3)cc2o1. The lowest BCUT2D eigenvalue weighted by Gasteiger charge is -2.19. The molecule has 3 unspecified atom stereocenters. The molecule has 1 heterocycles. The summed E-state index contributed by atoms with van der Waals surface area (Å²) in [7, 11) is 0. The molecule has 0 bridgehead atoms. The molecule has 0 saturated heterocycles. The highest BCUT2D eigenvalue weighted by Gasteiger charge is 2.47. The maximum atomic E-state index is 11.1. The van der Waals surface area contributed by atoms with E-state index in [2.05, 4.69) is 27.0 Å². The first-order chi connectivity index (χ1) is 8.70. The third kappa shape index (κ3) is 1.66. The highest BCUT2D eigenvalue weighted by molar-refractivity contribution is 9.09. The van der Waals surface area contributed by atoms with Crippen LogP contribution in [-0.4, -0.2) is 4.98 Å². The highest BCUT2D eigenvalue weighted by atomic mass is 79.9. The van der Waals surface area contributed by atoms with E-state index in [1.54, 1.807) is 0 Å². The number of H-pyrrole nitrogens is 1. The van der Waals surface area contributed by atoms with Crippen LogP contribution in [0.15, 0.2) is 27.4 Å². The molecule has 1 aromatic carbocycles. The van der Waals surface area contributed by atoms with Crippen LogP contribution in [0.4, 0.5) is 0 Å². The molecule has 4 rings (SSSR count). The van der Waals surface area contributed by atoms with Gasteiger partial charge in [-0.25, -0.2) is 4.79 Å². The number of halogens is 1. The van der Waals surface area contributed by atoms with Crippen molar-refractivity contribution >= 4 is 27.0 Å². The minimum atomic E-state index is -0.379. The van der Waals surface area contributed by atoms with Gasteiger partial charge in [-0.05, 0) is 54.7 Å². The molecule has 2 fully saturated rings. The van der Waals surface area contributed by atoms with E-state index in [-0.39, 0.29) is 5.76 Å². The van der Waals surface area contributed by atoms with Gasteiger partial charge in [-0.2, -0.15) is 0 Å². The van der Waals surface area contributed by atoms with Gasteiger partial charge in [0.15, 0.2) is 5.58 Å². The molecule has 2 aromatic rings. The zero-order chi connectivity index (χ0) is 12.3. The summed E-state index contributed by atoms with van der Waals surface area (Å²) in [5.41, 5.74) is 2.65. The van der Waals surface area contributed by atoms with Gasteiger partial charge in [0.25, 0.3) is 0 Å². The molecule has 94 valence electrons. The lowest BCUT2D eigenvalue weighted by Crippen LogP contribution is -2.05. The monoisotopic (exact) mass is 307 g/mol. The van der Waals surface area contributed by atoms with Crippen LogP contribution in [0.1, 0.15) is 29.7 Å². The average molecular weight is 308 g/mol. The lowest BCUT2D eigenvalue weighted by molar-refractivity contribution is 0.481. The molecule has 0 radical (unpaired) electrons. The Hall–Kier alpha value is -1.03. The van der Waals surface area contributed by atoms with Crippen molar-refractivity contribution in [2.75, 3.05) is 0 Å². The van der Waals surface area contributed by atoms with Crippen molar-refractivity contribution in [2.24, 2.45) is 17.8 Å². The molecule has 2 aliphatic carbocycles. The van der Waals surface area contributed by atoms with Gasteiger partial charge >= 0.3 is 5.76 Å². The molecule has 0 spiro atoms. The summed E-state index contributed by atoms with van der Waals surface area (Å²) in [6.07, 6.45) is 4.13. The van der Waals surface area contributed by atoms with Crippen molar-refractivity contribution in [3.8, 4) is 0 Å². The van der Waals surface area contributed by atoms with Crippen molar-refractivity contribution in [1.82, 2.24) is 4.98 Å². The zero-order valence-electron chi connectivity index (χ0n) is 9.86. The third-order valence-electron chi connectivity index (χ3n) is 4.46. The average Bonchev–Trinajstić information content (AvgIpc) is 2.82. The van der Waals surface area contributed by atoms with Gasteiger partial charge in [-0.15, -0.1) is 0 Å². The maximum Gasteiger partial charge on any atom is 0.417 e. The van der Waals surface area contributed by atoms with E-state index in [9.17, 15) is 4.79 Å². The topological polar surface area (TPSA) is 46.0 Å². The number of hydrogen-bond acceptors (Lipinski definition) is 2. The molecule has 2 saturated carbocycles. The van der Waals surface area contributed by atoms with E-state index in [1.165, 1.54) is 24.8 Å². The summed E-state index contributed by atoms with van der Waals surface area (Å²) in [6, 6.07) is 5.99. The number of oxazole rings is 1. The largest absolute Gasteiger partial charge is 0.417 e. The number of fused-ring (bicyclic) bond motifs is 2. The number of nitrogens with one attached hydrogen (secondary N) is 1. The van der Waals surface area contributed by atoms with E-state index in [0.717, 1.165) is 23.3 Å². The fraction of sp³-hybridized carbons (Fsp3) is 0.500. The molecular formula is C14H14BrNO2. The first kappa shape index (κ1) is 10.9. The van der Waals surface area contributed by atoms with Crippen molar-refractivity contribution in [2.45, 2.75) is 24.1 Å². The van der Waals surface area contributed by atoms with Gasteiger partial charge < -0.3 is 4.42 Å². The molecule has 4 heteroatoms. The Labute approximate surface area is 113 Å². The standard InChI is InChI=1S/C14H14BrNO2/c15-13(10-4-8-3-9(8)5-10)7-1-2-11-12(6-7)18-14(17)16-11/h1-2,6,8-10,13H,3-5H2,(H,16,17). The van der Waals surface area contributed by atoms with Gasteiger partial charge in [0, 0.05) is 4.83 Å². The molecule has 3 nitrogen and oxygen atoms in total. The smallest absolute Gasteiger partial charge is 0.408 e. The minimum absolute atomic E-state index is 0.379. The van der Waals surface area contributed by atoms with Crippen LogP contribution in [0.3, 0.4) is 0 Å². The summed E-state index contributed by atoms with van der Waals surface area (Å²) >= 11 is 3.82. The second kappa shape index (κ2) is 3.73. The highest BCUT2D eigenvalue weighted by Crippen LogP contribution is 2.58. The Morgan fingerprint density at radius 1 is 1.28 bits per heavy atom. The predicted molar refractivity (Wildman–Crippen MR) is 72.8 cm³/mol. The molecule has 0 amide bonds. The second-order valence-corrected chi connectivity index (χ2v) is 6.65. The first-order valence-electron chi connectivity index (χ1n) is 6.47. The number of benzene rings is 1. The molecule has 1 aromatic heterocycles. The molecular weight excluding hydrogens is 294 g/mol. The Morgan fingerprint density at radius 2 is 2.06 bits per heavy atom. The van der Waals surface area contributed by atoms with Gasteiger partial charge in [-0.3, -0.25) is 4.98 Å². The summed E-state index contributed by atoms with van der Waals surface area (Å²) in [6.45, 7) is 0. The van der Waals surface area contributed by atoms with E-state index in [4.69, 9.17) is 4.42 Å². The Bertz CT molecular complexity index is 649. The van der Waals surface area contributed by atoms with Crippen LogP contribution in [0.5, 0.6) is 0 Å². The van der Waals surface area contributed by atoms with Gasteiger partial charge in [0.05, 0.1) is 5.52 Å². The normalized spacial score (nSPS) is 31.5. The van der Waals surface area contributed by atoms with E-state index >= 15 is 0 Å². The number of aromatic amines is 1. The molecule has 0 aliphatic heterocycles. The van der Waals surface area contributed by atoms with Crippen LogP contribution < -0.4 is 5.76 Å². The van der Waals surface area contributed by atoms with Gasteiger partial charge in [0.1, 0.15) is 0 Å². The van der Waals surface area contributed by atoms with Crippen molar-refractivity contribution in [1.29, 1.82) is 0 Å². The number of alkyl halides is 1. The first-order valence-corrected chi connectivity index (χ1v) is 7.39. The predicted octanol–water partition coefficient (Wildman–Crippen LogP) is 3.60. The van der Waals surface area contributed by atoms with Gasteiger partial charge in [0.2, 0.25) is 0 Å². The number of rotatable bonds is 2. The summed E-state index contributed by atoms with van der Waals surface area (Å²) in [5.74, 6) is 2.33. The molecule has 2 aliphatic rings. The molecule has 1 N–H and O–H groups in total. The van der Waals surface area contributed by atoms with Crippen LogP contribution >= 0.6 is 15.9 Å². The summed E-state index contributed by atoms with van der Waals surface area (Å²) in [4.78, 5) is 14.2. The summed E-state index contributed by atoms with van der Waals surface area (Å²) < 4.78 is 5.12. The van der Waals surface area contributed by atoms with E-state index < -0.39 is 0 Å². The minimum Gasteiger partial charge on any atom is -0.408 e. The van der Waals surface area contributed by atoms with Crippen LogP contribution in [0.2, 0.25) is 0 Å². The van der Waals surface area contributed by atoms with E-state index in [0.29, 0.717) is 10.4 Å². The number of hydrogen-bond donors (Lipinski definition) is 1. The second-order valence-electron chi connectivity index (χ2n) is 5.66. The van der Waals surface area contributed by atoms with E-state index in [1.807, 2.05) is 12.1 Å². The summed E-state index contributed by atoms with van der Waals surface area (Å²) in [5, 5.41) is 0. The Kier molecular flexibility index (Phi) is 2.25. The fourth-order valence-electron chi connectivity index (χ4n) is 3.41. The van der Waals surface area contributed by atoms with Crippen LogP contribution in [0, 0.1) is 17.8 Å². The maximum absolute atomic E-state index is 11.1.